The summed E-state index contributed by atoms with van der Waals surface area (Å²) in [6, 6.07) is 0. The molecule has 0 saturated heterocycles. The molecular formula is C36H61N3O8. The lowest BCUT2D eigenvalue weighted by molar-refractivity contribution is -0.226. The fourth-order valence-electron chi connectivity index (χ4n) is 10.4. The van der Waals surface area contributed by atoms with E-state index in [2.05, 4.69) is 20.8 Å². The normalized spacial score (nSPS) is 36.7. The molecular weight excluding hydrogens is 602 g/mol. The van der Waals surface area contributed by atoms with Crippen molar-refractivity contribution in [3.63, 3.8) is 0 Å². The number of hydrogen-bond donors (Lipinski definition) is 4. The van der Waals surface area contributed by atoms with Gasteiger partial charge in [0.05, 0.1) is 0 Å². The van der Waals surface area contributed by atoms with E-state index >= 15 is 0 Å². The minimum absolute atomic E-state index is 0.0856. The highest BCUT2D eigenvalue weighted by atomic mass is 16.6. The van der Waals surface area contributed by atoms with Crippen molar-refractivity contribution in [2.45, 2.75) is 135 Å². The zero-order valence-electron chi connectivity index (χ0n) is 29.0. The van der Waals surface area contributed by atoms with Gasteiger partial charge in [0.2, 0.25) is 0 Å². The summed E-state index contributed by atoms with van der Waals surface area (Å²) in [5.41, 5.74) is 16.6. The highest BCUT2D eigenvalue weighted by Gasteiger charge is 2.67. The number of carboxylic acid groups (broad SMARTS) is 1. The molecule has 4 rings (SSSR count). The first-order chi connectivity index (χ1) is 22.4. The third kappa shape index (κ3) is 8.32. The molecule has 0 heterocycles. The molecule has 4 aliphatic carbocycles. The van der Waals surface area contributed by atoms with Crippen LogP contribution in [0.4, 0.5) is 0 Å². The summed E-state index contributed by atoms with van der Waals surface area (Å²) in [6.45, 7) is 8.01. The summed E-state index contributed by atoms with van der Waals surface area (Å²) in [5.74, 6) is -0.654. The van der Waals surface area contributed by atoms with Gasteiger partial charge in [0.1, 0.15) is 18.3 Å². The van der Waals surface area contributed by atoms with E-state index < -0.39 is 11.4 Å². The van der Waals surface area contributed by atoms with Crippen molar-refractivity contribution in [2.75, 3.05) is 19.6 Å². The van der Waals surface area contributed by atoms with Crippen LogP contribution in [0.1, 0.15) is 117 Å². The average molecular weight is 664 g/mol. The van der Waals surface area contributed by atoms with Crippen LogP contribution >= 0.6 is 0 Å². The maximum Gasteiger partial charge on any atom is 0.306 e. The number of hydrogen-bond acceptors (Lipinski definition) is 10. The molecule has 11 atom stereocenters. The lowest BCUT2D eigenvalue weighted by Crippen LogP contribution is -2.63. The summed E-state index contributed by atoms with van der Waals surface area (Å²) in [4.78, 5) is 50.5. The van der Waals surface area contributed by atoms with E-state index in [1.165, 1.54) is 0 Å². The average Bonchev–Trinajstić information content (AvgIpc) is 3.39. The van der Waals surface area contributed by atoms with Gasteiger partial charge in [-0.2, -0.15) is 0 Å². The van der Waals surface area contributed by atoms with Crippen molar-refractivity contribution >= 4 is 23.9 Å². The second-order valence-electron chi connectivity index (χ2n) is 15.5. The van der Waals surface area contributed by atoms with E-state index in [0.29, 0.717) is 71.0 Å². The molecule has 0 aliphatic heterocycles. The van der Waals surface area contributed by atoms with Gasteiger partial charge in [-0.3, -0.25) is 19.2 Å². The first-order valence-corrected chi connectivity index (χ1v) is 18.3. The lowest BCUT2D eigenvalue weighted by Gasteiger charge is -2.64. The summed E-state index contributed by atoms with van der Waals surface area (Å²) in [6.07, 6.45) is 7.94. The van der Waals surface area contributed by atoms with Crippen LogP contribution in [-0.4, -0.2) is 66.9 Å². The number of nitrogens with two attached hydrogens (primary N) is 3. The van der Waals surface area contributed by atoms with Crippen molar-refractivity contribution < 1.29 is 38.5 Å². The Hall–Kier alpha value is -2.24. The number of carbonyl (C=O) groups excluding carboxylic acids is 3. The third-order valence-electron chi connectivity index (χ3n) is 12.9. The quantitative estimate of drug-likeness (QED) is 0.136. The Labute approximate surface area is 280 Å². The van der Waals surface area contributed by atoms with Gasteiger partial charge in [-0.1, -0.05) is 20.8 Å². The second kappa shape index (κ2) is 16.4. The molecule has 0 spiro atoms. The molecule has 11 nitrogen and oxygen atoms in total. The van der Waals surface area contributed by atoms with Gasteiger partial charge in [0.25, 0.3) is 0 Å². The molecule has 0 aromatic carbocycles. The monoisotopic (exact) mass is 663 g/mol. The van der Waals surface area contributed by atoms with Crippen molar-refractivity contribution in [1.29, 1.82) is 0 Å². The molecule has 0 amide bonds. The van der Waals surface area contributed by atoms with Gasteiger partial charge in [0.15, 0.2) is 0 Å². The maximum absolute atomic E-state index is 13.3. The van der Waals surface area contributed by atoms with Crippen LogP contribution in [0.5, 0.6) is 0 Å². The first kappa shape index (κ1) is 37.6. The molecule has 0 aromatic heterocycles. The van der Waals surface area contributed by atoms with Crippen LogP contribution in [0.15, 0.2) is 0 Å². The van der Waals surface area contributed by atoms with Crippen molar-refractivity contribution in [1.82, 2.24) is 0 Å². The van der Waals surface area contributed by atoms with E-state index in [-0.39, 0.29) is 96.4 Å². The van der Waals surface area contributed by atoms with Crippen LogP contribution in [0.3, 0.4) is 0 Å². The van der Waals surface area contributed by atoms with E-state index in [1.807, 2.05) is 0 Å². The lowest BCUT2D eigenvalue weighted by atomic mass is 9.43. The molecule has 4 saturated carbocycles. The SMILES string of the molecule is C[C@H](CCC(=O)O)[C@H]1CC[C@H]2[C@@H]3[C@H](OC(=O)CCCN)C[C@@H]4C[C@H](OC(=O)CCCN)CC[C@]4(C)[C@H]3C[C@H](OC(=O)CCCN)[C@]12C. The van der Waals surface area contributed by atoms with Crippen LogP contribution in [0.2, 0.25) is 0 Å². The number of carboxylic acids is 1. The molecule has 7 N–H and O–H groups in total. The summed E-state index contributed by atoms with van der Waals surface area (Å²) in [5, 5.41) is 9.46. The molecule has 268 valence electrons. The van der Waals surface area contributed by atoms with Gasteiger partial charge < -0.3 is 36.5 Å². The molecule has 0 unspecified atom stereocenters. The van der Waals surface area contributed by atoms with E-state index in [9.17, 15) is 24.3 Å². The van der Waals surface area contributed by atoms with Gasteiger partial charge >= 0.3 is 23.9 Å². The van der Waals surface area contributed by atoms with Gasteiger partial charge in [0, 0.05) is 37.0 Å². The van der Waals surface area contributed by atoms with Crippen LogP contribution in [0.25, 0.3) is 0 Å². The number of ether oxygens (including phenoxy) is 3. The molecule has 4 fully saturated rings. The van der Waals surface area contributed by atoms with Crippen molar-refractivity contribution in [2.24, 2.45) is 63.5 Å². The van der Waals surface area contributed by atoms with Gasteiger partial charge in [-0.05, 0) is 125 Å². The van der Waals surface area contributed by atoms with E-state index in [1.54, 1.807) is 0 Å². The highest BCUT2D eigenvalue weighted by molar-refractivity contribution is 5.70. The smallest absolute Gasteiger partial charge is 0.306 e. The minimum Gasteiger partial charge on any atom is -0.481 e. The molecule has 47 heavy (non-hydrogen) atoms. The molecule has 0 aromatic rings. The Morgan fingerprint density at radius 2 is 1.36 bits per heavy atom. The first-order valence-electron chi connectivity index (χ1n) is 18.3. The van der Waals surface area contributed by atoms with Crippen LogP contribution in [0, 0.1) is 46.3 Å². The second-order valence-corrected chi connectivity index (χ2v) is 15.5. The van der Waals surface area contributed by atoms with E-state index in [0.717, 1.165) is 25.7 Å². The molecule has 11 heteroatoms. The van der Waals surface area contributed by atoms with Crippen molar-refractivity contribution in [3.05, 3.63) is 0 Å². The number of fused-ring (bicyclic) bond motifs is 5. The molecule has 0 bridgehead atoms. The fraction of sp³-hybridized carbons (Fsp3) is 0.889. The van der Waals surface area contributed by atoms with Crippen molar-refractivity contribution in [3.8, 4) is 0 Å². The van der Waals surface area contributed by atoms with E-state index in [4.69, 9.17) is 31.4 Å². The van der Waals surface area contributed by atoms with Crippen LogP contribution < -0.4 is 17.2 Å². The fourth-order valence-corrected chi connectivity index (χ4v) is 10.4. The Morgan fingerprint density at radius 1 is 0.766 bits per heavy atom. The standard InChI is InChI=1S/C36H61N3O8/c1-22(10-13-30(40)41)25-11-12-26-34-27(21-29(36(25,26)3)47-33(44)9-6-18-39)35(2)15-14-24(45-31(42)7-4-16-37)19-23(35)20-28(34)46-32(43)8-5-17-38/h22-29,34H,4-21,37-39H2,1-3H3,(H,40,41)/t22-,23+,24-,25-,26+,27+,28-,29+,34+,35+,36-/m1/s1. The van der Waals surface area contributed by atoms with Gasteiger partial charge in [-0.15, -0.1) is 0 Å². The minimum atomic E-state index is -0.804. The maximum atomic E-state index is 13.3. The van der Waals surface area contributed by atoms with Crippen LogP contribution in [-0.2, 0) is 33.4 Å². The Kier molecular flexibility index (Phi) is 13.1. The largest absolute Gasteiger partial charge is 0.481 e. The predicted molar refractivity (Wildman–Crippen MR) is 177 cm³/mol. The summed E-state index contributed by atoms with van der Waals surface area (Å²) in [7, 11) is 0. The Balaban J connectivity index is 1.69. The summed E-state index contributed by atoms with van der Waals surface area (Å²) < 4.78 is 18.8. The Bertz CT molecular complexity index is 1100. The zero-order valence-corrected chi connectivity index (χ0v) is 29.0. The number of esters is 3. The zero-order chi connectivity index (χ0) is 34.4. The third-order valence-corrected chi connectivity index (χ3v) is 12.9. The molecule has 0 radical (unpaired) electrons. The predicted octanol–water partition coefficient (Wildman–Crippen LogP) is 4.32. The highest BCUT2D eigenvalue weighted by Crippen LogP contribution is 2.69. The number of carbonyl (C=O) groups is 4. The molecule has 4 aliphatic rings. The number of rotatable bonds is 16. The number of aliphatic carboxylic acids is 1. The topological polar surface area (TPSA) is 194 Å². The Morgan fingerprint density at radius 3 is 1.96 bits per heavy atom. The summed E-state index contributed by atoms with van der Waals surface area (Å²) >= 11 is 0. The van der Waals surface area contributed by atoms with Gasteiger partial charge in [-0.25, -0.2) is 0 Å².